The minimum atomic E-state index is -0.366. The Hall–Kier alpha value is -1.62. The van der Waals surface area contributed by atoms with Gasteiger partial charge < -0.3 is 16.0 Å². The maximum absolute atomic E-state index is 11.8. The Morgan fingerprint density at radius 2 is 2.24 bits per heavy atom. The Bertz CT molecular complexity index is 440. The number of aromatic amines is 1. The average Bonchev–Trinajstić information content (AvgIpc) is 2.28. The molecular weight excluding hydrogens is 218 g/mol. The van der Waals surface area contributed by atoms with E-state index in [1.54, 1.807) is 13.0 Å². The molecule has 1 heterocycles. The van der Waals surface area contributed by atoms with E-state index in [4.69, 9.17) is 5.73 Å². The van der Waals surface area contributed by atoms with Gasteiger partial charge in [-0.3, -0.25) is 9.59 Å². The van der Waals surface area contributed by atoms with Crippen molar-refractivity contribution in [2.75, 3.05) is 6.54 Å². The molecule has 17 heavy (non-hydrogen) atoms. The second kappa shape index (κ2) is 6.20. The van der Waals surface area contributed by atoms with Crippen LogP contribution in [0, 0.1) is 6.92 Å². The molecule has 94 valence electrons. The molecule has 1 rings (SSSR count). The first-order valence-electron chi connectivity index (χ1n) is 5.79. The van der Waals surface area contributed by atoms with Crippen LogP contribution >= 0.6 is 0 Å². The highest BCUT2D eigenvalue weighted by Gasteiger charge is 2.14. The number of carbonyl (C=O) groups excluding carboxylic acids is 1. The van der Waals surface area contributed by atoms with Crippen LogP contribution in [-0.2, 0) is 0 Å². The summed E-state index contributed by atoms with van der Waals surface area (Å²) >= 11 is 0. The first kappa shape index (κ1) is 13.4. The van der Waals surface area contributed by atoms with Crippen LogP contribution in [0.5, 0.6) is 0 Å². The van der Waals surface area contributed by atoms with E-state index in [0.717, 1.165) is 18.5 Å². The van der Waals surface area contributed by atoms with Crippen molar-refractivity contribution in [2.45, 2.75) is 32.7 Å². The number of carbonyl (C=O) groups is 1. The lowest BCUT2D eigenvalue weighted by Gasteiger charge is -2.15. The predicted octanol–water partition coefficient (Wildman–Crippen LogP) is 0.541. The lowest BCUT2D eigenvalue weighted by molar-refractivity contribution is 0.0934. The molecule has 4 N–H and O–H groups in total. The maximum Gasteiger partial charge on any atom is 0.260 e. The third-order valence-electron chi connectivity index (χ3n) is 2.56. The number of aryl methyl sites for hydroxylation is 1. The number of pyridine rings is 1. The fraction of sp³-hybridized carbons (Fsp3) is 0.500. The summed E-state index contributed by atoms with van der Waals surface area (Å²) in [5, 5.41) is 2.76. The van der Waals surface area contributed by atoms with Crippen LogP contribution in [0.1, 0.15) is 35.8 Å². The number of hydrogen-bond acceptors (Lipinski definition) is 3. The van der Waals surface area contributed by atoms with Gasteiger partial charge >= 0.3 is 0 Å². The predicted molar refractivity (Wildman–Crippen MR) is 67.0 cm³/mol. The van der Waals surface area contributed by atoms with Crippen LogP contribution < -0.4 is 16.6 Å². The average molecular weight is 237 g/mol. The molecule has 0 radical (unpaired) electrons. The summed E-state index contributed by atoms with van der Waals surface area (Å²) in [6.45, 7) is 4.17. The summed E-state index contributed by atoms with van der Waals surface area (Å²) in [5.74, 6) is -0.366. The van der Waals surface area contributed by atoms with Gasteiger partial charge in [-0.1, -0.05) is 13.3 Å². The van der Waals surface area contributed by atoms with Gasteiger partial charge in [0.2, 0.25) is 0 Å². The van der Waals surface area contributed by atoms with E-state index in [2.05, 4.69) is 10.3 Å². The number of nitrogens with one attached hydrogen (secondary N) is 2. The van der Waals surface area contributed by atoms with Gasteiger partial charge in [-0.2, -0.15) is 0 Å². The number of nitrogens with two attached hydrogens (primary N) is 1. The Kier molecular flexibility index (Phi) is 4.90. The van der Waals surface area contributed by atoms with E-state index in [1.807, 2.05) is 6.92 Å². The normalized spacial score (nSPS) is 12.2. The van der Waals surface area contributed by atoms with E-state index >= 15 is 0 Å². The van der Waals surface area contributed by atoms with Gasteiger partial charge in [0.05, 0.1) is 0 Å². The Morgan fingerprint density at radius 3 is 2.76 bits per heavy atom. The fourth-order valence-corrected chi connectivity index (χ4v) is 1.61. The number of H-pyrrole nitrogens is 1. The van der Waals surface area contributed by atoms with Crippen molar-refractivity contribution in [3.63, 3.8) is 0 Å². The molecule has 0 aliphatic rings. The first-order valence-corrected chi connectivity index (χ1v) is 5.79. The van der Waals surface area contributed by atoms with E-state index in [1.165, 1.54) is 6.07 Å². The molecule has 1 amide bonds. The Balaban J connectivity index is 2.79. The molecule has 1 aromatic heterocycles. The molecule has 1 atom stereocenters. The molecule has 0 aliphatic heterocycles. The molecule has 5 heteroatoms. The number of rotatable bonds is 5. The molecule has 0 saturated carbocycles. The molecule has 1 unspecified atom stereocenters. The highest BCUT2D eigenvalue weighted by atomic mass is 16.2. The summed E-state index contributed by atoms with van der Waals surface area (Å²) in [7, 11) is 0. The summed E-state index contributed by atoms with van der Waals surface area (Å²) in [4.78, 5) is 26.0. The molecule has 0 bridgehead atoms. The zero-order chi connectivity index (χ0) is 12.8. The lowest BCUT2D eigenvalue weighted by Crippen LogP contribution is -2.41. The third-order valence-corrected chi connectivity index (χ3v) is 2.56. The summed E-state index contributed by atoms with van der Waals surface area (Å²) in [6.07, 6.45) is 1.75. The first-order chi connectivity index (χ1) is 8.08. The van der Waals surface area contributed by atoms with Crippen LogP contribution in [0.2, 0.25) is 0 Å². The van der Waals surface area contributed by atoms with E-state index in [0.29, 0.717) is 6.54 Å². The quantitative estimate of drug-likeness (QED) is 0.698. The zero-order valence-corrected chi connectivity index (χ0v) is 10.2. The molecular formula is C12H19N3O2. The second-order valence-electron chi connectivity index (χ2n) is 4.08. The van der Waals surface area contributed by atoms with Crippen LogP contribution in [-0.4, -0.2) is 23.5 Å². The van der Waals surface area contributed by atoms with Gasteiger partial charge in [0, 0.05) is 18.3 Å². The highest BCUT2D eigenvalue weighted by molar-refractivity contribution is 5.93. The maximum atomic E-state index is 11.8. The van der Waals surface area contributed by atoms with E-state index in [-0.39, 0.29) is 23.1 Å². The van der Waals surface area contributed by atoms with Gasteiger partial charge in [0.15, 0.2) is 0 Å². The van der Waals surface area contributed by atoms with Crippen molar-refractivity contribution in [1.82, 2.24) is 10.3 Å². The molecule has 0 aliphatic carbocycles. The number of aromatic nitrogens is 1. The topological polar surface area (TPSA) is 88.0 Å². The van der Waals surface area contributed by atoms with Crippen molar-refractivity contribution >= 4 is 5.91 Å². The largest absolute Gasteiger partial charge is 0.348 e. The summed E-state index contributed by atoms with van der Waals surface area (Å²) in [6, 6.07) is 3.16. The van der Waals surface area contributed by atoms with Crippen molar-refractivity contribution in [1.29, 1.82) is 0 Å². The van der Waals surface area contributed by atoms with Gasteiger partial charge in [-0.15, -0.1) is 0 Å². The monoisotopic (exact) mass is 237 g/mol. The van der Waals surface area contributed by atoms with Crippen molar-refractivity contribution in [3.8, 4) is 0 Å². The molecule has 0 fully saturated rings. The Labute approximate surface area is 100 Å². The Morgan fingerprint density at radius 1 is 1.53 bits per heavy atom. The molecule has 1 aromatic rings. The second-order valence-corrected chi connectivity index (χ2v) is 4.08. The van der Waals surface area contributed by atoms with Crippen LogP contribution in [0.3, 0.4) is 0 Å². The van der Waals surface area contributed by atoms with Gasteiger partial charge in [-0.05, 0) is 25.5 Å². The molecule has 0 aromatic carbocycles. The summed E-state index contributed by atoms with van der Waals surface area (Å²) in [5.41, 5.74) is 6.04. The van der Waals surface area contributed by atoms with Crippen LogP contribution in [0.15, 0.2) is 16.9 Å². The van der Waals surface area contributed by atoms with Crippen LogP contribution in [0.25, 0.3) is 0 Å². The van der Waals surface area contributed by atoms with E-state index < -0.39 is 0 Å². The van der Waals surface area contributed by atoms with Crippen molar-refractivity contribution in [2.24, 2.45) is 5.73 Å². The molecule has 5 nitrogen and oxygen atoms in total. The standard InChI is InChI=1S/C12H19N3O2/c1-3-4-9(7-13)15-12(17)10-6-5-8(2)14-11(10)16/h5-6,9H,3-4,7,13H2,1-2H3,(H,14,16)(H,15,17). The minimum absolute atomic E-state index is 0.0757. The van der Waals surface area contributed by atoms with E-state index in [9.17, 15) is 9.59 Å². The SMILES string of the molecule is CCCC(CN)NC(=O)c1ccc(C)[nH]c1=O. The number of hydrogen-bond donors (Lipinski definition) is 3. The van der Waals surface area contributed by atoms with Gasteiger partial charge in [0.25, 0.3) is 11.5 Å². The fourth-order valence-electron chi connectivity index (χ4n) is 1.61. The van der Waals surface area contributed by atoms with Crippen molar-refractivity contribution < 1.29 is 4.79 Å². The van der Waals surface area contributed by atoms with Crippen molar-refractivity contribution in [3.05, 3.63) is 33.7 Å². The molecule has 0 spiro atoms. The molecule has 0 saturated heterocycles. The smallest absolute Gasteiger partial charge is 0.260 e. The van der Waals surface area contributed by atoms with Gasteiger partial charge in [-0.25, -0.2) is 0 Å². The lowest BCUT2D eigenvalue weighted by atomic mass is 10.1. The third kappa shape index (κ3) is 3.71. The highest BCUT2D eigenvalue weighted by Crippen LogP contribution is 1.98. The zero-order valence-electron chi connectivity index (χ0n) is 10.2. The summed E-state index contributed by atoms with van der Waals surface area (Å²) < 4.78 is 0. The van der Waals surface area contributed by atoms with Gasteiger partial charge in [0.1, 0.15) is 5.56 Å². The number of amides is 1. The minimum Gasteiger partial charge on any atom is -0.348 e. The van der Waals surface area contributed by atoms with Crippen LogP contribution in [0.4, 0.5) is 0 Å².